The molecule has 0 aliphatic carbocycles. The molecule has 0 spiro atoms. The monoisotopic (exact) mass is 284 g/mol. The van der Waals surface area contributed by atoms with Gasteiger partial charge in [0, 0.05) is 18.7 Å². The predicted molar refractivity (Wildman–Crippen MR) is 70.2 cm³/mol. The number of aryl methyl sites for hydroxylation is 2. The highest BCUT2D eigenvalue weighted by Crippen LogP contribution is 2.16. The van der Waals surface area contributed by atoms with E-state index >= 15 is 0 Å². The number of nitrogens with one attached hydrogen (secondary N) is 1. The van der Waals surface area contributed by atoms with Gasteiger partial charge < -0.3 is 5.32 Å². The highest BCUT2D eigenvalue weighted by atomic mass is 35.5. The third-order valence-electron chi connectivity index (χ3n) is 2.27. The van der Waals surface area contributed by atoms with Gasteiger partial charge in [0.05, 0.1) is 5.69 Å². The summed E-state index contributed by atoms with van der Waals surface area (Å²) in [6.07, 6.45) is 0. The molecule has 94 valence electrons. The van der Waals surface area contributed by atoms with Gasteiger partial charge in [-0.25, -0.2) is 4.98 Å². The molecule has 0 saturated heterocycles. The molecule has 0 unspecified atom stereocenters. The van der Waals surface area contributed by atoms with Crippen LogP contribution in [0.15, 0.2) is 18.2 Å². The molecule has 0 saturated carbocycles. The maximum Gasteiger partial charge on any atom is 0.257 e. The zero-order valence-electron chi connectivity index (χ0n) is 9.74. The van der Waals surface area contributed by atoms with Crippen molar-refractivity contribution in [1.29, 1.82) is 0 Å². The summed E-state index contributed by atoms with van der Waals surface area (Å²) in [7, 11) is 1.75. The van der Waals surface area contributed by atoms with Crippen molar-refractivity contribution in [3.05, 3.63) is 39.8 Å². The largest absolute Gasteiger partial charge is 0.307 e. The van der Waals surface area contributed by atoms with E-state index in [0.717, 1.165) is 5.69 Å². The number of anilines is 1. The van der Waals surface area contributed by atoms with Crippen LogP contribution in [0, 0.1) is 6.92 Å². The molecular weight excluding hydrogens is 275 g/mol. The summed E-state index contributed by atoms with van der Waals surface area (Å²) < 4.78 is 1.58. The van der Waals surface area contributed by atoms with Crippen molar-refractivity contribution in [2.45, 2.75) is 6.92 Å². The number of hydrogen-bond acceptors (Lipinski definition) is 3. The van der Waals surface area contributed by atoms with Gasteiger partial charge >= 0.3 is 0 Å². The minimum atomic E-state index is -0.316. The Morgan fingerprint density at radius 2 is 1.89 bits per heavy atom. The van der Waals surface area contributed by atoms with Gasteiger partial charge in [0.1, 0.15) is 16.1 Å². The number of hydrogen-bond donors (Lipinski definition) is 1. The second-order valence-corrected chi connectivity index (χ2v) is 4.52. The van der Waals surface area contributed by atoms with Crippen molar-refractivity contribution in [1.82, 2.24) is 14.8 Å². The summed E-state index contributed by atoms with van der Waals surface area (Å²) in [5.74, 6) is 0.283. The molecule has 0 aromatic carbocycles. The number of amides is 1. The number of carbonyl (C=O) groups is 1. The first kappa shape index (κ1) is 12.9. The third-order valence-corrected chi connectivity index (χ3v) is 2.66. The Hall–Kier alpha value is -1.59. The van der Waals surface area contributed by atoms with E-state index in [9.17, 15) is 4.79 Å². The number of aromatic nitrogens is 3. The smallest absolute Gasteiger partial charge is 0.257 e. The van der Waals surface area contributed by atoms with E-state index in [4.69, 9.17) is 23.2 Å². The Bertz CT molecular complexity index is 589. The highest BCUT2D eigenvalue weighted by Gasteiger charge is 2.11. The van der Waals surface area contributed by atoms with Crippen LogP contribution >= 0.6 is 23.2 Å². The number of nitrogens with zero attached hydrogens (tertiary/aromatic N) is 3. The molecule has 0 aliphatic rings. The molecule has 2 aromatic heterocycles. The summed E-state index contributed by atoms with van der Waals surface area (Å²) in [4.78, 5) is 15.8. The van der Waals surface area contributed by atoms with E-state index in [2.05, 4.69) is 15.4 Å². The maximum absolute atomic E-state index is 12.0. The van der Waals surface area contributed by atoms with E-state index in [-0.39, 0.29) is 16.2 Å². The van der Waals surface area contributed by atoms with Crippen LogP contribution in [0.25, 0.3) is 0 Å². The Kier molecular flexibility index (Phi) is 3.54. The Morgan fingerprint density at radius 3 is 2.39 bits per heavy atom. The fraction of sp³-hybridized carbons (Fsp3) is 0.182. The van der Waals surface area contributed by atoms with Crippen LogP contribution in [0.4, 0.5) is 5.82 Å². The fourth-order valence-electron chi connectivity index (χ4n) is 1.51. The molecule has 0 bridgehead atoms. The second-order valence-electron chi connectivity index (χ2n) is 3.75. The van der Waals surface area contributed by atoms with Crippen LogP contribution in [0.5, 0.6) is 0 Å². The predicted octanol–water partition coefficient (Wildman–Crippen LogP) is 2.68. The summed E-state index contributed by atoms with van der Waals surface area (Å²) in [5, 5.41) is 7.20. The third kappa shape index (κ3) is 2.80. The van der Waals surface area contributed by atoms with Gasteiger partial charge in [-0.2, -0.15) is 5.10 Å². The van der Waals surface area contributed by atoms with Gasteiger partial charge in [-0.1, -0.05) is 23.2 Å². The SMILES string of the molecule is Cc1cc(NC(=O)c2cc(Cl)nc(Cl)c2)n(C)n1. The van der Waals surface area contributed by atoms with E-state index in [1.54, 1.807) is 17.8 Å². The minimum Gasteiger partial charge on any atom is -0.307 e. The molecule has 5 nitrogen and oxygen atoms in total. The molecule has 18 heavy (non-hydrogen) atoms. The molecule has 1 amide bonds. The fourth-order valence-corrected chi connectivity index (χ4v) is 1.97. The van der Waals surface area contributed by atoms with E-state index in [0.29, 0.717) is 11.4 Å². The zero-order chi connectivity index (χ0) is 13.3. The lowest BCUT2D eigenvalue weighted by Crippen LogP contribution is -2.14. The first-order chi connectivity index (χ1) is 8.45. The topological polar surface area (TPSA) is 59.8 Å². The molecule has 2 heterocycles. The van der Waals surface area contributed by atoms with Gasteiger partial charge in [0.2, 0.25) is 0 Å². The molecule has 0 radical (unpaired) electrons. The number of pyridine rings is 1. The van der Waals surface area contributed by atoms with Crippen LogP contribution in [0.3, 0.4) is 0 Å². The lowest BCUT2D eigenvalue weighted by atomic mass is 10.2. The first-order valence-corrected chi connectivity index (χ1v) is 5.86. The van der Waals surface area contributed by atoms with Gasteiger partial charge in [-0.05, 0) is 19.1 Å². The minimum absolute atomic E-state index is 0.175. The Labute approximate surface area is 114 Å². The normalized spacial score (nSPS) is 10.4. The highest BCUT2D eigenvalue weighted by molar-refractivity contribution is 6.33. The van der Waals surface area contributed by atoms with Crippen molar-refractivity contribution < 1.29 is 4.79 Å². The van der Waals surface area contributed by atoms with Crippen molar-refractivity contribution in [3.8, 4) is 0 Å². The summed E-state index contributed by atoms with van der Waals surface area (Å²) in [6, 6.07) is 4.67. The molecule has 0 aliphatic heterocycles. The molecule has 7 heteroatoms. The molecule has 2 aromatic rings. The van der Waals surface area contributed by atoms with Crippen LogP contribution in [-0.4, -0.2) is 20.7 Å². The summed E-state index contributed by atoms with van der Waals surface area (Å²) in [6.45, 7) is 1.84. The van der Waals surface area contributed by atoms with Gasteiger partial charge in [0.15, 0.2) is 0 Å². The number of carbonyl (C=O) groups excluding carboxylic acids is 1. The molecule has 2 rings (SSSR count). The van der Waals surface area contributed by atoms with Gasteiger partial charge in [-0.3, -0.25) is 9.48 Å². The van der Waals surface area contributed by atoms with E-state index < -0.39 is 0 Å². The molecule has 1 N–H and O–H groups in total. The summed E-state index contributed by atoms with van der Waals surface area (Å²) >= 11 is 11.5. The average molecular weight is 285 g/mol. The first-order valence-electron chi connectivity index (χ1n) is 5.11. The molecular formula is C11H10Cl2N4O. The number of halogens is 2. The second kappa shape index (κ2) is 4.96. The average Bonchev–Trinajstić information content (AvgIpc) is 2.56. The van der Waals surface area contributed by atoms with Crippen molar-refractivity contribution in [2.24, 2.45) is 7.05 Å². The quantitative estimate of drug-likeness (QED) is 0.863. The van der Waals surface area contributed by atoms with Crippen molar-refractivity contribution in [2.75, 3.05) is 5.32 Å². The maximum atomic E-state index is 12.0. The van der Waals surface area contributed by atoms with Crippen LogP contribution in [-0.2, 0) is 7.05 Å². The summed E-state index contributed by atoms with van der Waals surface area (Å²) in [5.41, 5.74) is 1.16. The van der Waals surface area contributed by atoms with Gasteiger partial charge in [0.25, 0.3) is 5.91 Å². The standard InChI is InChI=1S/C11H10Cl2N4O/c1-6-3-10(17(2)16-6)15-11(18)7-4-8(12)14-9(13)5-7/h3-5H,1-2H3,(H,15,18). The zero-order valence-corrected chi connectivity index (χ0v) is 11.2. The van der Waals surface area contributed by atoms with E-state index in [1.807, 2.05) is 6.92 Å². The van der Waals surface area contributed by atoms with E-state index in [1.165, 1.54) is 12.1 Å². The Balaban J connectivity index is 2.24. The Morgan fingerprint density at radius 1 is 1.28 bits per heavy atom. The molecule has 0 atom stereocenters. The van der Waals surface area contributed by atoms with Crippen LogP contribution < -0.4 is 5.32 Å². The number of rotatable bonds is 2. The van der Waals surface area contributed by atoms with Gasteiger partial charge in [-0.15, -0.1) is 0 Å². The van der Waals surface area contributed by atoms with Crippen LogP contribution in [0.1, 0.15) is 16.1 Å². The van der Waals surface area contributed by atoms with Crippen molar-refractivity contribution >= 4 is 34.9 Å². The molecule has 0 fully saturated rings. The van der Waals surface area contributed by atoms with Crippen molar-refractivity contribution in [3.63, 3.8) is 0 Å². The lowest BCUT2D eigenvalue weighted by Gasteiger charge is -2.05. The van der Waals surface area contributed by atoms with Crippen LogP contribution in [0.2, 0.25) is 10.3 Å². The lowest BCUT2D eigenvalue weighted by molar-refractivity contribution is 0.102.